The van der Waals surface area contributed by atoms with Crippen molar-refractivity contribution in [2.45, 2.75) is 5.79 Å². The average Bonchev–Trinajstić information content (AvgIpc) is 2.40. The maximum absolute atomic E-state index is 10.7. The lowest BCUT2D eigenvalue weighted by molar-refractivity contribution is -0.180. The lowest BCUT2D eigenvalue weighted by atomic mass is 9.95. The molecule has 1 heterocycles. The summed E-state index contributed by atoms with van der Waals surface area (Å²) in [4.78, 5) is 0. The minimum absolute atomic E-state index is 0.294. The molecule has 0 radical (unpaired) electrons. The fourth-order valence-electron chi connectivity index (χ4n) is 2.13. The molecule has 0 fully saturated rings. The lowest BCUT2D eigenvalue weighted by Gasteiger charge is -2.35. The van der Waals surface area contributed by atoms with Crippen LogP contribution < -0.4 is 5.32 Å². The van der Waals surface area contributed by atoms with E-state index in [1.807, 2.05) is 54.6 Å². The molecule has 0 amide bonds. The predicted octanol–water partition coefficient (Wildman–Crippen LogP) is 2.28. The molecule has 86 valence electrons. The first-order valence-corrected chi connectivity index (χ1v) is 5.56. The molecule has 2 aromatic carbocycles. The third-order valence-corrected chi connectivity index (χ3v) is 3.00. The van der Waals surface area contributed by atoms with Gasteiger partial charge >= 0.3 is 0 Å². The zero-order valence-corrected chi connectivity index (χ0v) is 9.26. The molecule has 1 aliphatic heterocycles. The molecule has 3 nitrogen and oxygen atoms in total. The number of para-hydroxylation sites is 1. The molecule has 1 unspecified atom stereocenters. The van der Waals surface area contributed by atoms with Crippen LogP contribution in [0.5, 0.6) is 0 Å². The van der Waals surface area contributed by atoms with Gasteiger partial charge in [-0.2, -0.15) is 0 Å². The molecule has 2 N–H and O–H groups in total. The second-order valence-corrected chi connectivity index (χ2v) is 4.02. The number of ether oxygens (including phenoxy) is 1. The molecule has 0 bridgehead atoms. The van der Waals surface area contributed by atoms with Gasteiger partial charge in [-0.05, 0) is 6.07 Å². The smallest absolute Gasteiger partial charge is 0.223 e. The summed E-state index contributed by atoms with van der Waals surface area (Å²) >= 11 is 0. The van der Waals surface area contributed by atoms with Gasteiger partial charge in [0.05, 0.1) is 0 Å². The summed E-state index contributed by atoms with van der Waals surface area (Å²) in [5.41, 5.74) is 2.40. The Morgan fingerprint density at radius 2 is 1.71 bits per heavy atom. The van der Waals surface area contributed by atoms with Crippen LogP contribution in [0.15, 0.2) is 54.6 Å². The normalized spacial score (nSPS) is 22.6. The number of hydrogen-bond acceptors (Lipinski definition) is 3. The Balaban J connectivity index is 2.16. The second kappa shape index (κ2) is 3.87. The lowest BCUT2D eigenvalue weighted by Crippen LogP contribution is -2.37. The van der Waals surface area contributed by atoms with Crippen molar-refractivity contribution in [2.24, 2.45) is 0 Å². The van der Waals surface area contributed by atoms with E-state index in [-0.39, 0.29) is 0 Å². The molecule has 1 atom stereocenters. The van der Waals surface area contributed by atoms with Gasteiger partial charge in [0.25, 0.3) is 0 Å². The Hall–Kier alpha value is -1.84. The minimum atomic E-state index is -1.36. The van der Waals surface area contributed by atoms with Gasteiger partial charge in [-0.3, -0.25) is 0 Å². The van der Waals surface area contributed by atoms with Crippen molar-refractivity contribution in [3.8, 4) is 0 Å². The Kier molecular flexibility index (Phi) is 2.35. The maximum atomic E-state index is 10.7. The Bertz CT molecular complexity index is 527. The summed E-state index contributed by atoms with van der Waals surface area (Å²) in [6.07, 6.45) is 0. The van der Waals surface area contributed by atoms with Gasteiger partial charge in [0.15, 0.2) is 0 Å². The Morgan fingerprint density at radius 1 is 1.00 bits per heavy atom. The van der Waals surface area contributed by atoms with Crippen LogP contribution >= 0.6 is 0 Å². The molecule has 17 heavy (non-hydrogen) atoms. The van der Waals surface area contributed by atoms with Crippen LogP contribution in [0.3, 0.4) is 0 Å². The molecular formula is C14H13NO2. The first kappa shape index (κ1) is 10.3. The first-order chi connectivity index (χ1) is 8.31. The van der Waals surface area contributed by atoms with Gasteiger partial charge in [0.2, 0.25) is 5.79 Å². The molecule has 3 rings (SSSR count). The van der Waals surface area contributed by atoms with E-state index in [1.54, 1.807) is 0 Å². The molecule has 1 aliphatic rings. The minimum Gasteiger partial charge on any atom is -0.362 e. The van der Waals surface area contributed by atoms with Crippen LogP contribution in [-0.2, 0) is 10.5 Å². The van der Waals surface area contributed by atoms with Gasteiger partial charge in [0.1, 0.15) is 6.73 Å². The van der Waals surface area contributed by atoms with Crippen molar-refractivity contribution < 1.29 is 9.84 Å². The standard InChI is InChI=1S/C14H13NO2/c16-14(11-6-2-1-3-7-11)12-8-4-5-9-13(12)15-10-17-14/h1-9,15-16H,10H2. The number of hydrogen-bond donors (Lipinski definition) is 2. The monoisotopic (exact) mass is 227 g/mol. The van der Waals surface area contributed by atoms with Crippen molar-refractivity contribution in [1.29, 1.82) is 0 Å². The highest BCUT2D eigenvalue weighted by Crippen LogP contribution is 2.37. The van der Waals surface area contributed by atoms with Crippen LogP contribution in [0.2, 0.25) is 0 Å². The zero-order chi connectivity index (χ0) is 11.7. The number of nitrogens with one attached hydrogen (secondary N) is 1. The topological polar surface area (TPSA) is 41.5 Å². The number of benzene rings is 2. The summed E-state index contributed by atoms with van der Waals surface area (Å²) in [5, 5.41) is 13.8. The predicted molar refractivity (Wildman–Crippen MR) is 65.5 cm³/mol. The van der Waals surface area contributed by atoms with Crippen molar-refractivity contribution in [1.82, 2.24) is 0 Å². The summed E-state index contributed by atoms with van der Waals surface area (Å²) in [6.45, 7) is 0.294. The molecule has 0 saturated carbocycles. The summed E-state index contributed by atoms with van der Waals surface area (Å²) in [7, 11) is 0. The van der Waals surface area contributed by atoms with Crippen LogP contribution in [0.25, 0.3) is 0 Å². The Labute approximate surface area is 99.7 Å². The summed E-state index contributed by atoms with van der Waals surface area (Å²) in [6, 6.07) is 17.1. The number of aliphatic hydroxyl groups is 1. The van der Waals surface area contributed by atoms with Crippen LogP contribution in [0, 0.1) is 0 Å². The van der Waals surface area contributed by atoms with Gasteiger partial charge in [-0.25, -0.2) is 0 Å². The van der Waals surface area contributed by atoms with Crippen molar-refractivity contribution in [2.75, 3.05) is 12.0 Å². The third kappa shape index (κ3) is 1.60. The fraction of sp³-hybridized carbons (Fsp3) is 0.143. The molecule has 2 aromatic rings. The van der Waals surface area contributed by atoms with E-state index < -0.39 is 5.79 Å². The van der Waals surface area contributed by atoms with Gasteiger partial charge in [0, 0.05) is 16.8 Å². The summed E-state index contributed by atoms with van der Waals surface area (Å²) < 4.78 is 5.52. The van der Waals surface area contributed by atoms with Crippen molar-refractivity contribution in [3.63, 3.8) is 0 Å². The van der Waals surface area contributed by atoms with Crippen molar-refractivity contribution >= 4 is 5.69 Å². The van der Waals surface area contributed by atoms with E-state index in [0.29, 0.717) is 6.73 Å². The third-order valence-electron chi connectivity index (χ3n) is 3.00. The first-order valence-electron chi connectivity index (χ1n) is 5.56. The van der Waals surface area contributed by atoms with E-state index in [9.17, 15) is 5.11 Å². The highest BCUT2D eigenvalue weighted by Gasteiger charge is 2.37. The number of anilines is 1. The average molecular weight is 227 g/mol. The highest BCUT2D eigenvalue weighted by molar-refractivity contribution is 5.56. The van der Waals surface area contributed by atoms with Gasteiger partial charge in [-0.1, -0.05) is 48.5 Å². The molecule has 0 aromatic heterocycles. The molecular weight excluding hydrogens is 214 g/mol. The zero-order valence-electron chi connectivity index (χ0n) is 9.26. The van der Waals surface area contributed by atoms with E-state index in [4.69, 9.17) is 4.74 Å². The second-order valence-electron chi connectivity index (χ2n) is 4.02. The molecule has 0 spiro atoms. The molecule has 3 heteroatoms. The van der Waals surface area contributed by atoms with Crippen LogP contribution in [-0.4, -0.2) is 11.8 Å². The number of fused-ring (bicyclic) bond motifs is 1. The number of rotatable bonds is 1. The maximum Gasteiger partial charge on any atom is 0.223 e. The summed E-state index contributed by atoms with van der Waals surface area (Å²) in [5.74, 6) is -1.36. The molecule has 0 aliphatic carbocycles. The SMILES string of the molecule is OC1(c2ccccc2)OCNc2ccccc21. The van der Waals surface area contributed by atoms with E-state index >= 15 is 0 Å². The van der Waals surface area contributed by atoms with Gasteiger partial charge in [-0.15, -0.1) is 0 Å². The van der Waals surface area contributed by atoms with E-state index in [2.05, 4.69) is 5.32 Å². The Morgan fingerprint density at radius 3 is 2.53 bits per heavy atom. The van der Waals surface area contributed by atoms with E-state index in [1.165, 1.54) is 0 Å². The van der Waals surface area contributed by atoms with E-state index in [0.717, 1.165) is 16.8 Å². The van der Waals surface area contributed by atoms with Crippen LogP contribution in [0.4, 0.5) is 5.69 Å². The highest BCUT2D eigenvalue weighted by atomic mass is 16.6. The molecule has 0 saturated heterocycles. The van der Waals surface area contributed by atoms with Crippen molar-refractivity contribution in [3.05, 3.63) is 65.7 Å². The quantitative estimate of drug-likeness (QED) is 0.785. The fourth-order valence-corrected chi connectivity index (χ4v) is 2.13. The van der Waals surface area contributed by atoms with Crippen LogP contribution in [0.1, 0.15) is 11.1 Å². The van der Waals surface area contributed by atoms with Gasteiger partial charge < -0.3 is 15.2 Å². The largest absolute Gasteiger partial charge is 0.362 e.